The van der Waals surface area contributed by atoms with Gasteiger partial charge in [0, 0.05) is 64.5 Å². The number of amides is 2. The highest BCUT2D eigenvalue weighted by Crippen LogP contribution is 2.35. The smallest absolute Gasteiger partial charge is 0.257 e. The quantitative estimate of drug-likeness (QED) is 0.331. The summed E-state index contributed by atoms with van der Waals surface area (Å²) in [6, 6.07) is 16.0. The van der Waals surface area contributed by atoms with E-state index in [0.29, 0.717) is 48.2 Å². The molecule has 9 nitrogen and oxygen atoms in total. The van der Waals surface area contributed by atoms with E-state index in [0.717, 1.165) is 15.8 Å². The molecule has 2 amide bonds. The predicted molar refractivity (Wildman–Crippen MR) is 151 cm³/mol. The standard InChI is InChI=1S/C29H29N3O6S/c1-18-6-7-22(33)19(12-18)15-32-10-8-30-27(34)16-37-23-13-21-26(14-24(23)38-17-28(35)31-9-11-32)39-25-5-3-2-4-20(25)29(21)36/h2-7,12-14,33H,8-11,15-17H2,1H3,(H,30,34)(H,31,35). The minimum atomic E-state index is -0.327. The zero-order valence-corrected chi connectivity index (χ0v) is 22.3. The van der Waals surface area contributed by atoms with E-state index >= 15 is 0 Å². The van der Waals surface area contributed by atoms with Gasteiger partial charge in [0.25, 0.3) is 11.8 Å². The maximum atomic E-state index is 13.1. The molecule has 0 saturated carbocycles. The van der Waals surface area contributed by atoms with Crippen molar-refractivity contribution >= 4 is 43.3 Å². The van der Waals surface area contributed by atoms with Crippen molar-refractivity contribution in [3.8, 4) is 17.2 Å². The highest BCUT2D eigenvalue weighted by atomic mass is 32.1. The summed E-state index contributed by atoms with van der Waals surface area (Å²) in [5, 5.41) is 17.0. The van der Waals surface area contributed by atoms with E-state index in [2.05, 4.69) is 10.6 Å². The van der Waals surface area contributed by atoms with Crippen LogP contribution < -0.4 is 25.5 Å². The summed E-state index contributed by atoms with van der Waals surface area (Å²) in [6.45, 7) is 3.59. The van der Waals surface area contributed by atoms with Crippen LogP contribution in [-0.2, 0) is 16.1 Å². The first-order valence-corrected chi connectivity index (χ1v) is 13.5. The van der Waals surface area contributed by atoms with Crippen molar-refractivity contribution in [2.75, 3.05) is 39.4 Å². The number of nitrogens with one attached hydrogen (secondary N) is 2. The van der Waals surface area contributed by atoms with Crippen molar-refractivity contribution in [2.24, 2.45) is 0 Å². The predicted octanol–water partition coefficient (Wildman–Crippen LogP) is 2.93. The third kappa shape index (κ3) is 6.30. The number of fused-ring (bicyclic) bond motifs is 3. The molecule has 2 heterocycles. The molecule has 1 aromatic heterocycles. The number of aryl methyl sites for hydroxylation is 1. The number of hydrogen-bond donors (Lipinski definition) is 3. The zero-order chi connectivity index (χ0) is 27.4. The Morgan fingerprint density at radius 1 is 0.846 bits per heavy atom. The largest absolute Gasteiger partial charge is 0.508 e. The minimum absolute atomic E-state index is 0.136. The fourth-order valence-corrected chi connectivity index (χ4v) is 5.56. The first kappa shape index (κ1) is 26.5. The second-order valence-electron chi connectivity index (χ2n) is 9.41. The Bertz CT molecular complexity index is 1600. The molecule has 4 aromatic rings. The second kappa shape index (κ2) is 11.7. The van der Waals surface area contributed by atoms with Gasteiger partial charge >= 0.3 is 0 Å². The summed E-state index contributed by atoms with van der Waals surface area (Å²) < 4.78 is 13.1. The first-order chi connectivity index (χ1) is 18.9. The normalized spacial score (nSPS) is 15.8. The van der Waals surface area contributed by atoms with Gasteiger partial charge in [0.15, 0.2) is 30.1 Å². The molecular weight excluding hydrogens is 518 g/mol. The molecule has 202 valence electrons. The summed E-state index contributed by atoms with van der Waals surface area (Å²) in [4.78, 5) is 40.4. The molecule has 0 atom stereocenters. The molecular formula is C29H29N3O6S. The number of ether oxygens (including phenoxy) is 2. The highest BCUT2D eigenvalue weighted by Gasteiger charge is 2.17. The van der Waals surface area contributed by atoms with Gasteiger partial charge in [0.1, 0.15) is 5.75 Å². The lowest BCUT2D eigenvalue weighted by Crippen LogP contribution is -2.40. The van der Waals surface area contributed by atoms with Gasteiger partial charge in [-0.15, -0.1) is 11.3 Å². The third-order valence-electron chi connectivity index (χ3n) is 6.49. The molecule has 3 N–H and O–H groups in total. The molecule has 1 aliphatic heterocycles. The molecule has 10 heteroatoms. The summed E-state index contributed by atoms with van der Waals surface area (Å²) in [5.74, 6) is 0.0631. The number of aromatic hydroxyl groups is 1. The number of hydrogen-bond acceptors (Lipinski definition) is 8. The van der Waals surface area contributed by atoms with E-state index in [9.17, 15) is 19.5 Å². The van der Waals surface area contributed by atoms with Gasteiger partial charge in [0.2, 0.25) is 0 Å². The second-order valence-corrected chi connectivity index (χ2v) is 10.5. The molecule has 0 spiro atoms. The van der Waals surface area contributed by atoms with Crippen molar-refractivity contribution < 1.29 is 24.2 Å². The van der Waals surface area contributed by atoms with Crippen LogP contribution in [0, 0.1) is 6.92 Å². The molecule has 39 heavy (non-hydrogen) atoms. The number of phenols is 1. The minimum Gasteiger partial charge on any atom is -0.508 e. The Hall–Kier alpha value is -4.15. The van der Waals surface area contributed by atoms with Crippen LogP contribution in [0.3, 0.4) is 0 Å². The molecule has 1 aliphatic rings. The van der Waals surface area contributed by atoms with Gasteiger partial charge in [-0.1, -0.05) is 29.8 Å². The number of carbonyl (C=O) groups excluding carboxylic acids is 2. The van der Waals surface area contributed by atoms with Gasteiger partial charge in [0.05, 0.1) is 0 Å². The highest BCUT2D eigenvalue weighted by molar-refractivity contribution is 7.24. The maximum Gasteiger partial charge on any atom is 0.257 e. The van der Waals surface area contributed by atoms with Crippen LogP contribution in [0.15, 0.2) is 59.4 Å². The van der Waals surface area contributed by atoms with Gasteiger partial charge < -0.3 is 25.2 Å². The van der Waals surface area contributed by atoms with E-state index in [1.54, 1.807) is 24.3 Å². The van der Waals surface area contributed by atoms with E-state index in [-0.39, 0.29) is 47.7 Å². The van der Waals surface area contributed by atoms with Crippen molar-refractivity contribution in [1.29, 1.82) is 0 Å². The van der Waals surface area contributed by atoms with Gasteiger partial charge in [-0.2, -0.15) is 0 Å². The molecule has 3 aromatic carbocycles. The Balaban J connectivity index is 1.37. The van der Waals surface area contributed by atoms with E-state index in [1.165, 1.54) is 11.3 Å². The lowest BCUT2D eigenvalue weighted by molar-refractivity contribution is -0.124. The molecule has 0 radical (unpaired) electrons. The average Bonchev–Trinajstić information content (AvgIpc) is 2.92. The first-order valence-electron chi connectivity index (χ1n) is 12.7. The SMILES string of the molecule is Cc1ccc(O)c(CN2CCNC(=O)COc3cc4sc5ccccc5c(=O)c4cc3OCC(=O)NCC2)c1. The van der Waals surface area contributed by atoms with E-state index < -0.39 is 0 Å². The van der Waals surface area contributed by atoms with Crippen LogP contribution in [0.4, 0.5) is 0 Å². The van der Waals surface area contributed by atoms with Crippen LogP contribution in [0.1, 0.15) is 11.1 Å². The number of rotatable bonds is 2. The van der Waals surface area contributed by atoms with Crippen LogP contribution in [0.25, 0.3) is 20.2 Å². The van der Waals surface area contributed by atoms with Gasteiger partial charge in [-0.05, 0) is 31.2 Å². The van der Waals surface area contributed by atoms with Gasteiger partial charge in [-0.25, -0.2) is 0 Å². The topological polar surface area (TPSA) is 117 Å². The van der Waals surface area contributed by atoms with Crippen molar-refractivity contribution in [1.82, 2.24) is 15.5 Å². The number of carbonyl (C=O) groups is 2. The number of phenolic OH excluding ortho intramolecular Hbond substituents is 1. The average molecular weight is 548 g/mol. The van der Waals surface area contributed by atoms with Crippen LogP contribution >= 0.6 is 11.3 Å². The molecule has 0 aliphatic carbocycles. The number of benzene rings is 3. The summed E-state index contributed by atoms with van der Waals surface area (Å²) >= 11 is 1.44. The molecule has 0 unspecified atom stereocenters. The third-order valence-corrected chi connectivity index (χ3v) is 7.62. The van der Waals surface area contributed by atoms with Crippen LogP contribution in [-0.4, -0.2) is 61.2 Å². The van der Waals surface area contributed by atoms with Crippen LogP contribution in [0.5, 0.6) is 17.2 Å². The lowest BCUT2D eigenvalue weighted by atomic mass is 10.1. The lowest BCUT2D eigenvalue weighted by Gasteiger charge is -2.23. The van der Waals surface area contributed by atoms with Crippen molar-refractivity contribution in [3.05, 3.63) is 75.9 Å². The van der Waals surface area contributed by atoms with E-state index in [1.807, 2.05) is 42.2 Å². The van der Waals surface area contributed by atoms with E-state index in [4.69, 9.17) is 9.47 Å². The number of nitrogens with zero attached hydrogens (tertiary/aromatic N) is 1. The summed E-state index contributed by atoms with van der Waals surface area (Å²) in [7, 11) is 0. The monoisotopic (exact) mass is 547 g/mol. The Morgan fingerprint density at radius 3 is 2.23 bits per heavy atom. The maximum absolute atomic E-state index is 13.1. The molecule has 5 rings (SSSR count). The van der Waals surface area contributed by atoms with Crippen molar-refractivity contribution in [3.63, 3.8) is 0 Å². The van der Waals surface area contributed by atoms with Crippen LogP contribution in [0.2, 0.25) is 0 Å². The fourth-order valence-electron chi connectivity index (χ4n) is 4.48. The van der Waals surface area contributed by atoms with Gasteiger partial charge in [-0.3, -0.25) is 19.3 Å². The van der Waals surface area contributed by atoms with Crippen molar-refractivity contribution in [2.45, 2.75) is 13.5 Å². The fraction of sp³-hybridized carbons (Fsp3) is 0.276. The Labute approximate surface area is 229 Å². The molecule has 0 bridgehead atoms. The summed E-state index contributed by atoms with van der Waals surface area (Å²) in [6.07, 6.45) is 0. The molecule has 0 saturated heterocycles. The summed E-state index contributed by atoms with van der Waals surface area (Å²) in [5.41, 5.74) is 1.66. The Morgan fingerprint density at radius 2 is 1.51 bits per heavy atom. The Kier molecular flexibility index (Phi) is 7.94. The molecule has 0 fully saturated rings. The zero-order valence-electron chi connectivity index (χ0n) is 21.5.